The Labute approximate surface area is 756 Å². The predicted molar refractivity (Wildman–Crippen MR) is 447 cm³/mol. The van der Waals surface area contributed by atoms with Gasteiger partial charge in [0.2, 0.25) is 0 Å². The monoisotopic (exact) mass is 1910 g/mol. The van der Waals surface area contributed by atoms with E-state index in [2.05, 4.69) is 51.7 Å². The van der Waals surface area contributed by atoms with Gasteiger partial charge in [-0.15, -0.1) is 26.3 Å². The smallest absolute Gasteiger partial charge is 0.465 e. The standard InChI is InChI=1S/C33H28F6N2O3.C32H21F10NO5.C31H31F6N3O3/c34-26-10-8-24(9-11-26)32(21-22-4-2-1-3-5-22,25-18-27(35)20-29(19-25)44-33(38,39)31(36)37)40-30(42)23-6-12-28(13-7-23)41-14-16-43-17-15-41;1-46-28(45)20-6-2-5-18(13-20)17-29(21-7-3-9-23(15-21)47-31(37,38)39,22-8-4-10-24(16-22)48-32(40,41)42)43-27(44)19-11-12-26(33)25(14-19)30(34,35)36;1-19(40(2)42-3)21-13-26(14-21)38-29(41)39-30(18-20-7-5-4-6-8-20,22-9-11-24(32)12-10-22)23-15-25(33)17-27(16-23)43-31(36,37)28(34)35/h1-13,18-20,31H,14-17,21H2,(H,40,42);2-16H,17H2,1H3,(H,43,44);4-12,15-17,21,26,28H,1,13-14,18H2,2-3H3,(H2,38,39,41)/t32-;;21?,26?,30-/m1.1/s1. The molecule has 1 heterocycles. The molecule has 1 saturated heterocycles. The number of anilines is 1. The minimum absolute atomic E-state index is 0.0353. The van der Waals surface area contributed by atoms with Crippen molar-refractivity contribution in [3.63, 3.8) is 0 Å². The molecule has 714 valence electrons. The lowest BCUT2D eigenvalue weighted by atomic mass is 9.77. The first-order valence-corrected chi connectivity index (χ1v) is 40.5. The number of benzene rings is 11. The molecular weight excluding hydrogens is 1830 g/mol. The number of nitrogens with zero attached hydrogens (tertiary/aromatic N) is 2. The van der Waals surface area contributed by atoms with Crippen LogP contribution in [0.2, 0.25) is 0 Å². The molecule has 11 aromatic rings. The quantitative estimate of drug-likeness (QED) is 0.0183. The van der Waals surface area contributed by atoms with Crippen LogP contribution in [0.1, 0.15) is 99.6 Å². The van der Waals surface area contributed by atoms with Crippen LogP contribution in [0.4, 0.5) is 107 Å². The fourth-order valence-corrected chi connectivity index (χ4v) is 15.1. The molecular formula is C96H80F22N6O11. The first-order valence-electron chi connectivity index (χ1n) is 40.5. The van der Waals surface area contributed by atoms with E-state index >= 15 is 4.39 Å². The second-order valence-corrected chi connectivity index (χ2v) is 30.7. The van der Waals surface area contributed by atoms with Crippen LogP contribution in [-0.2, 0) is 56.4 Å². The Morgan fingerprint density at radius 3 is 1.30 bits per heavy atom. The number of alkyl halides is 17. The van der Waals surface area contributed by atoms with E-state index in [1.165, 1.54) is 72.8 Å². The number of halogens is 22. The summed E-state index contributed by atoms with van der Waals surface area (Å²) in [6.45, 7) is 6.52. The zero-order chi connectivity index (χ0) is 98.2. The maximum Gasteiger partial charge on any atom is 0.573 e. The highest BCUT2D eigenvalue weighted by Gasteiger charge is 2.49. The van der Waals surface area contributed by atoms with Gasteiger partial charge in [-0.1, -0.05) is 128 Å². The first kappa shape index (κ1) is 102. The van der Waals surface area contributed by atoms with Gasteiger partial charge in [0.1, 0.15) is 52.1 Å². The second-order valence-electron chi connectivity index (χ2n) is 30.7. The topological polar surface area (TPSA) is 187 Å². The van der Waals surface area contributed by atoms with Gasteiger partial charge in [0.15, 0.2) is 0 Å². The maximum absolute atomic E-state index is 15.0. The highest BCUT2D eigenvalue weighted by Crippen LogP contribution is 2.45. The van der Waals surface area contributed by atoms with E-state index in [0.717, 1.165) is 103 Å². The van der Waals surface area contributed by atoms with Crippen LogP contribution in [0.3, 0.4) is 0 Å². The minimum Gasteiger partial charge on any atom is -0.465 e. The first-order chi connectivity index (χ1) is 63.7. The number of hydroxylamine groups is 2. The molecule has 0 bridgehead atoms. The lowest BCUT2D eigenvalue weighted by Gasteiger charge is -2.41. The number of nitrogens with one attached hydrogen (secondary N) is 4. The van der Waals surface area contributed by atoms with Crippen molar-refractivity contribution in [2.24, 2.45) is 5.92 Å². The van der Waals surface area contributed by atoms with Crippen molar-refractivity contribution in [3.05, 3.63) is 375 Å². The summed E-state index contributed by atoms with van der Waals surface area (Å²) in [6, 6.07) is 52.7. The molecule has 0 aromatic heterocycles. The number of carbonyl (C=O) groups excluding carboxylic acids is 4. The van der Waals surface area contributed by atoms with E-state index in [1.54, 1.807) is 92.0 Å². The summed E-state index contributed by atoms with van der Waals surface area (Å²) < 4.78 is 326. The van der Waals surface area contributed by atoms with Gasteiger partial charge in [0, 0.05) is 86.0 Å². The predicted octanol–water partition coefficient (Wildman–Crippen LogP) is 22.1. The summed E-state index contributed by atoms with van der Waals surface area (Å²) in [7, 11) is 4.30. The highest BCUT2D eigenvalue weighted by atomic mass is 19.4. The van der Waals surface area contributed by atoms with Crippen LogP contribution in [0.15, 0.2) is 273 Å². The van der Waals surface area contributed by atoms with Gasteiger partial charge < -0.3 is 54.6 Å². The average molecular weight is 1910 g/mol. The molecule has 2 aliphatic rings. The number of methoxy groups -OCH3 is 1. The van der Waals surface area contributed by atoms with Crippen LogP contribution >= 0.6 is 0 Å². The average Bonchev–Trinajstić information content (AvgIpc) is 0.762. The van der Waals surface area contributed by atoms with Gasteiger partial charge >= 0.3 is 56.0 Å². The third kappa shape index (κ3) is 26.5. The normalized spacial score (nSPS) is 15.0. The Hall–Kier alpha value is -14.0. The third-order valence-corrected chi connectivity index (χ3v) is 21.6. The summed E-state index contributed by atoms with van der Waals surface area (Å²) in [5.74, 6) is -11.2. The van der Waals surface area contributed by atoms with Crippen LogP contribution in [0, 0.1) is 35.0 Å². The molecule has 1 aliphatic heterocycles. The Morgan fingerprint density at radius 1 is 0.430 bits per heavy atom. The lowest BCUT2D eigenvalue weighted by Crippen LogP contribution is -2.56. The Bertz CT molecular complexity index is 5860. The van der Waals surface area contributed by atoms with Gasteiger partial charge in [-0.2, -0.15) is 48.3 Å². The molecule has 39 heteroatoms. The summed E-state index contributed by atoms with van der Waals surface area (Å²) in [5.41, 5.74) is -5.11. The fraction of sp³-hybridized carbons (Fsp3) is 0.250. The number of morpholine rings is 1. The van der Waals surface area contributed by atoms with Crippen molar-refractivity contribution in [1.82, 2.24) is 26.3 Å². The van der Waals surface area contributed by atoms with Gasteiger partial charge in [-0.05, 0) is 190 Å². The zero-order valence-electron chi connectivity index (χ0n) is 70.9. The van der Waals surface area contributed by atoms with E-state index in [-0.39, 0.29) is 80.9 Å². The number of amides is 4. The molecule has 0 spiro atoms. The maximum atomic E-state index is 15.0. The van der Waals surface area contributed by atoms with Crippen molar-refractivity contribution < 1.29 is 149 Å². The van der Waals surface area contributed by atoms with Crippen molar-refractivity contribution >= 4 is 29.5 Å². The minimum atomic E-state index is -5.24. The number of rotatable bonds is 31. The molecule has 11 aromatic carbocycles. The van der Waals surface area contributed by atoms with E-state index in [1.807, 2.05) is 0 Å². The lowest BCUT2D eigenvalue weighted by molar-refractivity contribution is -0.275. The van der Waals surface area contributed by atoms with Crippen molar-refractivity contribution in [3.8, 4) is 23.0 Å². The summed E-state index contributed by atoms with van der Waals surface area (Å²) in [5, 5.41) is 12.6. The second kappa shape index (κ2) is 42.9. The molecule has 4 N–H and O–H groups in total. The van der Waals surface area contributed by atoms with Gasteiger partial charge in [0.25, 0.3) is 11.8 Å². The molecule has 1 aliphatic carbocycles. The fourth-order valence-electron chi connectivity index (χ4n) is 15.1. The number of hydrogen-bond donors (Lipinski definition) is 4. The Balaban J connectivity index is 0.000000195. The molecule has 2 fully saturated rings. The molecule has 1 saturated carbocycles. The van der Waals surface area contributed by atoms with Gasteiger partial charge in [-0.25, -0.2) is 31.5 Å². The molecule has 4 amide bonds. The zero-order valence-corrected chi connectivity index (χ0v) is 70.9. The summed E-state index contributed by atoms with van der Waals surface area (Å²) in [6.07, 6.45) is -33.4. The molecule has 13 rings (SSSR count). The van der Waals surface area contributed by atoms with Crippen LogP contribution in [0.25, 0.3) is 0 Å². The molecule has 2 atom stereocenters. The number of urea groups is 1. The molecule has 135 heavy (non-hydrogen) atoms. The van der Waals surface area contributed by atoms with E-state index in [0.29, 0.717) is 74.5 Å². The molecule has 17 nitrogen and oxygen atoms in total. The number of carbonyl (C=O) groups is 4. The SMILES string of the molecule is C=C(C1CC(NC(=O)N[C@](Cc2ccccc2)(c2ccc(F)cc2)c2cc(F)cc(OC(F)(F)C(F)F)c2)C1)N(C)OC.COC(=O)c1cccc(CC(NC(=O)c2ccc(F)c(C(F)(F)F)c2)(c2cccc(OC(F)(F)F)c2)c2cccc(OC(F)(F)F)c2)c1.O=C(N[C@](Cc1ccccc1)(c1ccc(F)cc1)c1cc(F)cc(OC(F)(F)C(F)F)c1)c1ccc(N2CCOCC2)cc1. The number of ether oxygens (including phenoxy) is 6. The van der Waals surface area contributed by atoms with E-state index < -0.39 is 154 Å². The van der Waals surface area contributed by atoms with Gasteiger partial charge in [-0.3, -0.25) is 19.5 Å². The van der Waals surface area contributed by atoms with E-state index in [9.17, 15) is 111 Å². The van der Waals surface area contributed by atoms with Crippen LogP contribution in [-0.4, -0.2) is 120 Å². The highest BCUT2D eigenvalue weighted by molar-refractivity contribution is 5.96. The van der Waals surface area contributed by atoms with Gasteiger partial charge in [0.05, 0.1) is 55.2 Å². The summed E-state index contributed by atoms with van der Waals surface area (Å²) in [4.78, 5) is 60.7. The number of hydrogen-bond acceptors (Lipinski definition) is 13. The Morgan fingerprint density at radius 2 is 0.852 bits per heavy atom. The summed E-state index contributed by atoms with van der Waals surface area (Å²) >= 11 is 0. The third-order valence-electron chi connectivity index (χ3n) is 21.6. The van der Waals surface area contributed by atoms with Crippen molar-refractivity contribution in [2.45, 2.75) is 98.7 Å². The van der Waals surface area contributed by atoms with Crippen molar-refractivity contribution in [1.29, 1.82) is 0 Å². The van der Waals surface area contributed by atoms with Crippen molar-refractivity contribution in [2.75, 3.05) is 52.5 Å². The van der Waals surface area contributed by atoms with Crippen LogP contribution < -0.4 is 45.1 Å². The molecule has 0 unspecified atom stereocenters. The number of allylic oxidation sites excluding steroid dienone is 1. The largest absolute Gasteiger partial charge is 0.573 e. The van der Waals surface area contributed by atoms with Crippen LogP contribution in [0.5, 0.6) is 23.0 Å². The molecule has 0 radical (unpaired) electrons. The Kier molecular flexibility index (Phi) is 32.3. The number of esters is 1. The van der Waals surface area contributed by atoms with E-state index in [4.69, 9.17) is 14.3 Å².